The number of unbranched alkanes of at least 4 members (excludes halogenated alkanes) is 1. The summed E-state index contributed by atoms with van der Waals surface area (Å²) in [6.07, 6.45) is 2.82. The second-order valence-electron chi connectivity index (χ2n) is 4.07. The van der Waals surface area contributed by atoms with Crippen LogP contribution in [0.15, 0.2) is 18.2 Å². The van der Waals surface area contributed by atoms with Crippen LogP contribution in [0.1, 0.15) is 18.4 Å². The molecular formula is C14H23NO3. The van der Waals surface area contributed by atoms with E-state index >= 15 is 0 Å². The summed E-state index contributed by atoms with van der Waals surface area (Å²) in [5, 5.41) is 0. The van der Waals surface area contributed by atoms with Gasteiger partial charge in [0.15, 0.2) is 11.5 Å². The number of methoxy groups -OCH3 is 2. The first-order chi connectivity index (χ1) is 8.81. The molecule has 0 heterocycles. The lowest BCUT2D eigenvalue weighted by atomic mass is 10.1. The third-order valence-electron chi connectivity index (χ3n) is 2.66. The molecule has 0 bridgehead atoms. The normalized spacial score (nSPS) is 10.4. The molecule has 0 fully saturated rings. The number of hydrogen-bond donors (Lipinski definition) is 1. The Morgan fingerprint density at radius 1 is 1.06 bits per heavy atom. The van der Waals surface area contributed by atoms with Gasteiger partial charge in [-0.1, -0.05) is 6.07 Å². The summed E-state index contributed by atoms with van der Waals surface area (Å²) in [6.45, 7) is 2.08. The van der Waals surface area contributed by atoms with Gasteiger partial charge < -0.3 is 19.9 Å². The maximum Gasteiger partial charge on any atom is 0.161 e. The van der Waals surface area contributed by atoms with Crippen molar-refractivity contribution < 1.29 is 14.2 Å². The van der Waals surface area contributed by atoms with Crippen LogP contribution in [0.3, 0.4) is 0 Å². The van der Waals surface area contributed by atoms with Gasteiger partial charge >= 0.3 is 0 Å². The summed E-state index contributed by atoms with van der Waals surface area (Å²) in [6, 6.07) is 5.95. The van der Waals surface area contributed by atoms with Crippen molar-refractivity contribution in [1.82, 2.24) is 0 Å². The van der Waals surface area contributed by atoms with Crippen molar-refractivity contribution in [1.29, 1.82) is 0 Å². The first kappa shape index (κ1) is 14.8. The third-order valence-corrected chi connectivity index (χ3v) is 2.66. The standard InChI is InChI=1S/C14H23NO3/c1-16-9-3-4-10-18-14-11-12(7-8-15)5-6-13(14)17-2/h5-6,11H,3-4,7-10,15H2,1-2H3. The predicted molar refractivity (Wildman–Crippen MR) is 72.4 cm³/mol. The Bertz CT molecular complexity index is 342. The van der Waals surface area contributed by atoms with Gasteiger partial charge in [0.05, 0.1) is 13.7 Å². The minimum Gasteiger partial charge on any atom is -0.493 e. The Hall–Kier alpha value is -1.26. The number of nitrogens with two attached hydrogens (primary N) is 1. The van der Waals surface area contributed by atoms with Crippen molar-refractivity contribution in [3.63, 3.8) is 0 Å². The lowest BCUT2D eigenvalue weighted by Crippen LogP contribution is -2.04. The topological polar surface area (TPSA) is 53.7 Å². The molecule has 4 heteroatoms. The van der Waals surface area contributed by atoms with E-state index in [0.717, 1.165) is 37.4 Å². The number of hydrogen-bond acceptors (Lipinski definition) is 4. The maximum atomic E-state index is 5.74. The van der Waals surface area contributed by atoms with Gasteiger partial charge in [0, 0.05) is 13.7 Å². The number of ether oxygens (including phenoxy) is 3. The molecule has 0 atom stereocenters. The Labute approximate surface area is 109 Å². The zero-order valence-electron chi connectivity index (χ0n) is 11.3. The molecule has 0 aliphatic rings. The van der Waals surface area contributed by atoms with Crippen molar-refractivity contribution in [2.75, 3.05) is 34.0 Å². The summed E-state index contributed by atoms with van der Waals surface area (Å²) in [5.74, 6) is 1.56. The van der Waals surface area contributed by atoms with Crippen LogP contribution in [-0.2, 0) is 11.2 Å². The third kappa shape index (κ3) is 4.94. The molecule has 0 aliphatic heterocycles. The Morgan fingerprint density at radius 2 is 1.83 bits per heavy atom. The van der Waals surface area contributed by atoms with Crippen LogP contribution < -0.4 is 15.2 Å². The first-order valence-electron chi connectivity index (χ1n) is 6.30. The van der Waals surface area contributed by atoms with E-state index in [1.807, 2.05) is 18.2 Å². The molecule has 0 saturated carbocycles. The minimum atomic E-state index is 0.638. The van der Waals surface area contributed by atoms with E-state index in [1.165, 1.54) is 5.56 Å². The molecule has 2 N–H and O–H groups in total. The summed E-state index contributed by atoms with van der Waals surface area (Å²) in [5.41, 5.74) is 6.72. The second kappa shape index (κ2) is 8.78. The van der Waals surface area contributed by atoms with Gasteiger partial charge in [-0.25, -0.2) is 0 Å². The Balaban J connectivity index is 2.52. The van der Waals surface area contributed by atoms with Gasteiger partial charge in [0.2, 0.25) is 0 Å². The average molecular weight is 253 g/mol. The van der Waals surface area contributed by atoms with Crippen molar-refractivity contribution in [2.24, 2.45) is 5.73 Å². The highest BCUT2D eigenvalue weighted by atomic mass is 16.5. The lowest BCUT2D eigenvalue weighted by Gasteiger charge is -2.12. The van der Waals surface area contributed by atoms with Crippen molar-refractivity contribution in [3.05, 3.63) is 23.8 Å². The van der Waals surface area contributed by atoms with Gasteiger partial charge in [0.25, 0.3) is 0 Å². The lowest BCUT2D eigenvalue weighted by molar-refractivity contribution is 0.183. The molecule has 102 valence electrons. The second-order valence-corrected chi connectivity index (χ2v) is 4.07. The maximum absolute atomic E-state index is 5.74. The van der Waals surface area contributed by atoms with E-state index in [2.05, 4.69) is 0 Å². The summed E-state index contributed by atoms with van der Waals surface area (Å²) >= 11 is 0. The van der Waals surface area contributed by atoms with Crippen molar-refractivity contribution in [2.45, 2.75) is 19.3 Å². The molecule has 0 saturated heterocycles. The molecule has 0 aromatic heterocycles. The quantitative estimate of drug-likeness (QED) is 0.684. The zero-order valence-corrected chi connectivity index (χ0v) is 11.3. The average Bonchev–Trinajstić information content (AvgIpc) is 2.39. The largest absolute Gasteiger partial charge is 0.493 e. The van der Waals surface area contributed by atoms with Crippen molar-refractivity contribution in [3.8, 4) is 11.5 Å². The predicted octanol–water partition coefficient (Wildman–Crippen LogP) is 2.00. The SMILES string of the molecule is COCCCCOc1cc(CCN)ccc1OC. The molecule has 4 nitrogen and oxygen atoms in total. The van der Waals surface area contributed by atoms with Crippen LogP contribution in [0, 0.1) is 0 Å². The van der Waals surface area contributed by atoms with Gasteiger partial charge in [0.1, 0.15) is 0 Å². The molecular weight excluding hydrogens is 230 g/mol. The van der Waals surface area contributed by atoms with E-state index in [1.54, 1.807) is 14.2 Å². The highest BCUT2D eigenvalue weighted by Crippen LogP contribution is 2.28. The number of benzene rings is 1. The summed E-state index contributed by atoms with van der Waals surface area (Å²) in [7, 11) is 3.36. The fraction of sp³-hybridized carbons (Fsp3) is 0.571. The Kier molecular flexibility index (Phi) is 7.22. The van der Waals surface area contributed by atoms with Gasteiger partial charge in [-0.05, 0) is 43.5 Å². The van der Waals surface area contributed by atoms with E-state index in [4.69, 9.17) is 19.9 Å². The molecule has 0 aliphatic carbocycles. The smallest absolute Gasteiger partial charge is 0.161 e. The van der Waals surface area contributed by atoms with E-state index < -0.39 is 0 Å². The van der Waals surface area contributed by atoms with Crippen LogP contribution in [0.5, 0.6) is 11.5 Å². The van der Waals surface area contributed by atoms with Crippen molar-refractivity contribution >= 4 is 0 Å². The zero-order chi connectivity index (χ0) is 13.2. The minimum absolute atomic E-state index is 0.638. The molecule has 0 amide bonds. The van der Waals surface area contributed by atoms with Crippen LogP contribution in [0.2, 0.25) is 0 Å². The van der Waals surface area contributed by atoms with Gasteiger partial charge in [-0.15, -0.1) is 0 Å². The molecule has 1 aromatic rings. The van der Waals surface area contributed by atoms with Crippen LogP contribution in [0.25, 0.3) is 0 Å². The first-order valence-corrected chi connectivity index (χ1v) is 6.30. The molecule has 18 heavy (non-hydrogen) atoms. The fourth-order valence-electron chi connectivity index (χ4n) is 1.69. The number of rotatable bonds is 9. The molecule has 1 aromatic carbocycles. The van der Waals surface area contributed by atoms with Crippen LogP contribution >= 0.6 is 0 Å². The van der Waals surface area contributed by atoms with Crippen LogP contribution in [0.4, 0.5) is 0 Å². The molecule has 0 unspecified atom stereocenters. The van der Waals surface area contributed by atoms with Gasteiger partial charge in [-0.3, -0.25) is 0 Å². The molecule has 1 rings (SSSR count). The summed E-state index contributed by atoms with van der Waals surface area (Å²) in [4.78, 5) is 0. The van der Waals surface area contributed by atoms with Crippen LogP contribution in [-0.4, -0.2) is 34.0 Å². The summed E-state index contributed by atoms with van der Waals surface area (Å²) < 4.78 is 16.0. The highest BCUT2D eigenvalue weighted by Gasteiger charge is 2.05. The van der Waals surface area contributed by atoms with E-state index in [-0.39, 0.29) is 0 Å². The highest BCUT2D eigenvalue weighted by molar-refractivity contribution is 5.43. The van der Waals surface area contributed by atoms with E-state index in [0.29, 0.717) is 13.2 Å². The molecule has 0 radical (unpaired) electrons. The molecule has 0 spiro atoms. The van der Waals surface area contributed by atoms with E-state index in [9.17, 15) is 0 Å². The fourth-order valence-corrected chi connectivity index (χ4v) is 1.69. The van der Waals surface area contributed by atoms with Gasteiger partial charge in [-0.2, -0.15) is 0 Å². The Morgan fingerprint density at radius 3 is 2.50 bits per heavy atom. The monoisotopic (exact) mass is 253 g/mol.